The van der Waals surface area contributed by atoms with Crippen molar-refractivity contribution in [1.82, 2.24) is 9.66 Å². The topological polar surface area (TPSA) is 72.8 Å². The molecule has 2 rings (SSSR count). The zero-order valence-corrected chi connectivity index (χ0v) is 5.33. The second-order valence-corrected chi connectivity index (χ2v) is 2.22. The quantitative estimate of drug-likeness (QED) is 0.455. The van der Waals surface area contributed by atoms with E-state index in [0.717, 1.165) is 11.0 Å². The first kappa shape index (κ1) is 5.22. The Morgan fingerprint density at radius 1 is 1.50 bits per heavy atom. The summed E-state index contributed by atoms with van der Waals surface area (Å²) in [5.74, 6) is 6.13. The lowest BCUT2D eigenvalue weighted by atomic mass is 10.5. The number of H-pyrrole nitrogens is 1. The lowest BCUT2D eigenvalue weighted by Gasteiger charge is -1.93. The van der Waals surface area contributed by atoms with Crippen LogP contribution in [0.3, 0.4) is 0 Å². The van der Waals surface area contributed by atoms with E-state index in [1.165, 1.54) is 4.68 Å². The molecule has 2 aromatic rings. The van der Waals surface area contributed by atoms with Gasteiger partial charge in [0.05, 0.1) is 11.0 Å². The van der Waals surface area contributed by atoms with Gasteiger partial charge in [0.25, 0.3) is 0 Å². The first-order chi connectivity index (χ1) is 4.79. The monoisotopic (exact) mass is 136 g/mol. The van der Waals surface area contributed by atoms with E-state index in [2.05, 4.69) is 4.98 Å². The van der Waals surface area contributed by atoms with Crippen LogP contribution in [0, 0.1) is 0 Å². The van der Waals surface area contributed by atoms with Crippen molar-refractivity contribution in [2.75, 3.05) is 11.6 Å². The van der Waals surface area contributed by atoms with E-state index in [4.69, 9.17) is 11.6 Å². The molecule has 2 heterocycles. The fourth-order valence-corrected chi connectivity index (χ4v) is 1.06. The van der Waals surface area contributed by atoms with E-state index in [9.17, 15) is 0 Å². The predicted octanol–water partition coefficient (Wildman–Crippen LogP) is 0.265. The van der Waals surface area contributed by atoms with Gasteiger partial charge in [-0.1, -0.05) is 0 Å². The van der Waals surface area contributed by atoms with Crippen LogP contribution >= 0.6 is 0 Å². The molecule has 0 unspecified atom stereocenters. The Labute approximate surface area is 57.4 Å². The molecule has 0 saturated heterocycles. The second kappa shape index (κ2) is 1.47. The zero-order chi connectivity index (χ0) is 7.14. The molecule has 0 saturated carbocycles. The number of aromatic amines is 1. The SMILES string of the molecule is Nc1cc2[nH]ccc2n1N. The fourth-order valence-electron chi connectivity index (χ4n) is 1.06. The van der Waals surface area contributed by atoms with Crippen LogP contribution in [0.5, 0.6) is 0 Å². The van der Waals surface area contributed by atoms with Gasteiger partial charge in [0.15, 0.2) is 0 Å². The van der Waals surface area contributed by atoms with Crippen molar-refractivity contribution >= 4 is 16.9 Å². The molecule has 0 amide bonds. The summed E-state index contributed by atoms with van der Waals surface area (Å²) < 4.78 is 1.45. The predicted molar refractivity (Wildman–Crippen MR) is 40.9 cm³/mol. The van der Waals surface area contributed by atoms with Gasteiger partial charge in [-0.25, -0.2) is 4.68 Å². The minimum absolute atomic E-state index is 0.571. The fraction of sp³-hybridized carbons (Fsp3) is 0. The van der Waals surface area contributed by atoms with Crippen molar-refractivity contribution in [3.8, 4) is 0 Å². The molecule has 2 aromatic heterocycles. The van der Waals surface area contributed by atoms with Gasteiger partial charge >= 0.3 is 0 Å². The van der Waals surface area contributed by atoms with E-state index < -0.39 is 0 Å². The number of nitrogen functional groups attached to an aromatic ring is 2. The van der Waals surface area contributed by atoms with Crippen molar-refractivity contribution in [3.05, 3.63) is 18.3 Å². The summed E-state index contributed by atoms with van der Waals surface area (Å²) in [7, 11) is 0. The number of nitrogens with one attached hydrogen (secondary N) is 1. The number of aromatic nitrogens is 2. The van der Waals surface area contributed by atoms with Crippen LogP contribution in [-0.4, -0.2) is 9.66 Å². The van der Waals surface area contributed by atoms with E-state index in [-0.39, 0.29) is 0 Å². The average Bonchev–Trinajstić information content (AvgIpc) is 2.41. The zero-order valence-electron chi connectivity index (χ0n) is 5.33. The molecule has 52 valence electrons. The smallest absolute Gasteiger partial charge is 0.124 e. The van der Waals surface area contributed by atoms with Gasteiger partial charge in [-0.15, -0.1) is 0 Å². The van der Waals surface area contributed by atoms with Crippen LogP contribution in [0.4, 0.5) is 5.82 Å². The summed E-state index contributed by atoms with van der Waals surface area (Å²) in [4.78, 5) is 3.00. The highest BCUT2D eigenvalue weighted by Crippen LogP contribution is 2.16. The summed E-state index contributed by atoms with van der Waals surface area (Å²) in [6.07, 6.45) is 1.83. The van der Waals surface area contributed by atoms with E-state index in [1.807, 2.05) is 12.3 Å². The molecule has 0 radical (unpaired) electrons. The van der Waals surface area contributed by atoms with E-state index >= 15 is 0 Å². The first-order valence-corrected chi connectivity index (χ1v) is 2.98. The second-order valence-electron chi connectivity index (χ2n) is 2.22. The van der Waals surface area contributed by atoms with Crippen molar-refractivity contribution in [2.45, 2.75) is 0 Å². The highest BCUT2D eigenvalue weighted by Gasteiger charge is 2.01. The molecule has 0 aliphatic heterocycles. The third kappa shape index (κ3) is 0.452. The van der Waals surface area contributed by atoms with Crippen LogP contribution < -0.4 is 11.6 Å². The highest BCUT2D eigenvalue weighted by atomic mass is 15.3. The summed E-state index contributed by atoms with van der Waals surface area (Å²) >= 11 is 0. The standard InChI is InChI=1S/C6H8N4/c7-6-3-4-5(10(6)8)1-2-9-4/h1-3,9H,7-8H2. The Hall–Kier alpha value is -1.58. The molecule has 4 heteroatoms. The third-order valence-electron chi connectivity index (χ3n) is 1.59. The van der Waals surface area contributed by atoms with Crippen LogP contribution in [0.15, 0.2) is 18.3 Å². The Kier molecular flexibility index (Phi) is 0.768. The molecule has 0 aromatic carbocycles. The van der Waals surface area contributed by atoms with Crippen LogP contribution in [0.2, 0.25) is 0 Å². The Balaban J connectivity index is 2.95. The minimum atomic E-state index is 0.571. The normalized spacial score (nSPS) is 10.8. The minimum Gasteiger partial charge on any atom is -0.384 e. The lowest BCUT2D eigenvalue weighted by molar-refractivity contribution is 1.08. The van der Waals surface area contributed by atoms with Crippen LogP contribution in [0.1, 0.15) is 0 Å². The molecule has 4 nitrogen and oxygen atoms in total. The van der Waals surface area contributed by atoms with E-state index in [0.29, 0.717) is 5.82 Å². The third-order valence-corrected chi connectivity index (χ3v) is 1.59. The van der Waals surface area contributed by atoms with Gasteiger partial charge in [0.2, 0.25) is 0 Å². The summed E-state index contributed by atoms with van der Waals surface area (Å²) in [5.41, 5.74) is 7.42. The average molecular weight is 136 g/mol. The Bertz CT molecular complexity index is 357. The number of nitrogens with two attached hydrogens (primary N) is 2. The maximum absolute atomic E-state index is 5.55. The van der Waals surface area contributed by atoms with Crippen molar-refractivity contribution in [2.24, 2.45) is 0 Å². The van der Waals surface area contributed by atoms with Crippen LogP contribution in [-0.2, 0) is 0 Å². The molecule has 5 N–H and O–H groups in total. The number of rotatable bonds is 0. The van der Waals surface area contributed by atoms with Gasteiger partial charge < -0.3 is 16.6 Å². The van der Waals surface area contributed by atoms with Gasteiger partial charge in [-0.05, 0) is 6.07 Å². The maximum Gasteiger partial charge on any atom is 0.124 e. The van der Waals surface area contributed by atoms with Gasteiger partial charge in [-0.2, -0.15) is 0 Å². The summed E-state index contributed by atoms with van der Waals surface area (Å²) in [6.45, 7) is 0. The molecular weight excluding hydrogens is 128 g/mol. The molecule has 0 fully saturated rings. The largest absolute Gasteiger partial charge is 0.384 e. The molecule has 0 atom stereocenters. The van der Waals surface area contributed by atoms with Gasteiger partial charge in [-0.3, -0.25) is 0 Å². The van der Waals surface area contributed by atoms with Crippen LogP contribution in [0.25, 0.3) is 11.0 Å². The van der Waals surface area contributed by atoms with Crippen molar-refractivity contribution < 1.29 is 0 Å². The molecule has 0 bridgehead atoms. The van der Waals surface area contributed by atoms with Gasteiger partial charge in [0, 0.05) is 12.3 Å². The first-order valence-electron chi connectivity index (χ1n) is 2.98. The van der Waals surface area contributed by atoms with E-state index in [1.54, 1.807) is 6.07 Å². The number of hydrogen-bond donors (Lipinski definition) is 3. The Morgan fingerprint density at radius 3 is 3.00 bits per heavy atom. The molecule has 10 heavy (non-hydrogen) atoms. The number of fused-ring (bicyclic) bond motifs is 1. The van der Waals surface area contributed by atoms with Gasteiger partial charge in [0.1, 0.15) is 5.82 Å². The number of hydrogen-bond acceptors (Lipinski definition) is 2. The highest BCUT2D eigenvalue weighted by molar-refractivity contribution is 5.81. The molecular formula is C6H8N4. The molecule has 0 aliphatic rings. The summed E-state index contributed by atoms with van der Waals surface area (Å²) in [5, 5.41) is 0. The number of nitrogens with zero attached hydrogens (tertiary/aromatic N) is 1. The number of anilines is 1. The van der Waals surface area contributed by atoms with Crippen molar-refractivity contribution in [3.63, 3.8) is 0 Å². The Morgan fingerprint density at radius 2 is 2.30 bits per heavy atom. The molecule has 0 aliphatic carbocycles. The molecule has 0 spiro atoms. The summed E-state index contributed by atoms with van der Waals surface area (Å²) in [6, 6.07) is 3.68. The maximum atomic E-state index is 5.55. The lowest BCUT2D eigenvalue weighted by Crippen LogP contribution is -2.10. The van der Waals surface area contributed by atoms with Crippen molar-refractivity contribution in [1.29, 1.82) is 0 Å².